The number of carbonyl (C=O) groups excluding carboxylic acids is 1. The third-order valence-electron chi connectivity index (χ3n) is 1.20. The number of nitriles is 1. The summed E-state index contributed by atoms with van der Waals surface area (Å²) in [6, 6.07) is 3.35. The Balaban J connectivity index is 2.93. The summed E-state index contributed by atoms with van der Waals surface area (Å²) in [5.41, 5.74) is 0.442. The number of rotatable bonds is 2. The zero-order valence-electron chi connectivity index (χ0n) is 5.64. The highest BCUT2D eigenvalue weighted by atomic mass is 16.1. The molecule has 0 aliphatic heterocycles. The number of hydrogen-bond acceptors (Lipinski definition) is 4. The predicted octanol–water partition coefficient (Wildman–Crippen LogP) is 0.283. The third-order valence-corrected chi connectivity index (χ3v) is 1.20. The molecule has 1 heterocycles. The topological polar surface area (TPSA) is 66.6 Å². The van der Waals surface area contributed by atoms with E-state index >= 15 is 0 Å². The van der Waals surface area contributed by atoms with Crippen molar-refractivity contribution in [2.24, 2.45) is 0 Å². The van der Waals surface area contributed by atoms with E-state index in [1.807, 2.05) is 6.07 Å². The van der Waals surface area contributed by atoms with Gasteiger partial charge >= 0.3 is 0 Å². The molecule has 0 bridgehead atoms. The molecule has 4 nitrogen and oxygen atoms in total. The fraction of sp³-hybridized carbons (Fsp3) is 0.143. The maximum atomic E-state index is 10.3. The minimum atomic E-state index is -0.766. The lowest BCUT2D eigenvalue weighted by Crippen LogP contribution is -1.99. The van der Waals surface area contributed by atoms with Crippen LogP contribution in [-0.4, -0.2) is 16.3 Å². The lowest BCUT2D eigenvalue weighted by Gasteiger charge is -1.96. The smallest absolute Gasteiger partial charge is 0.144 e. The maximum absolute atomic E-state index is 10.3. The summed E-state index contributed by atoms with van der Waals surface area (Å²) in [6.45, 7) is 0. The summed E-state index contributed by atoms with van der Waals surface area (Å²) >= 11 is 0. The molecule has 0 aliphatic carbocycles. The van der Waals surface area contributed by atoms with Gasteiger partial charge in [0.1, 0.15) is 18.5 Å². The molecule has 54 valence electrons. The Kier molecular flexibility index (Phi) is 2.28. The predicted molar refractivity (Wildman–Crippen MR) is 36.5 cm³/mol. The van der Waals surface area contributed by atoms with E-state index in [4.69, 9.17) is 5.26 Å². The highest BCUT2D eigenvalue weighted by molar-refractivity contribution is 5.65. The standard InChI is InChI=1S/C7H5N3O/c8-3-6(4-11)7-1-2-9-5-10-7/h1-2,4-6H/t6-/m0/s1. The summed E-state index contributed by atoms with van der Waals surface area (Å²) in [5, 5.41) is 8.44. The van der Waals surface area contributed by atoms with Gasteiger partial charge in [-0.25, -0.2) is 9.97 Å². The maximum Gasteiger partial charge on any atom is 0.144 e. The summed E-state index contributed by atoms with van der Waals surface area (Å²) in [6.07, 6.45) is 3.36. The average molecular weight is 147 g/mol. The first-order valence-corrected chi connectivity index (χ1v) is 2.99. The first-order valence-electron chi connectivity index (χ1n) is 2.99. The number of hydrogen-bond donors (Lipinski definition) is 0. The van der Waals surface area contributed by atoms with E-state index in [-0.39, 0.29) is 0 Å². The molecule has 1 atom stereocenters. The number of aromatic nitrogens is 2. The van der Waals surface area contributed by atoms with Gasteiger partial charge in [0, 0.05) is 6.20 Å². The van der Waals surface area contributed by atoms with Crippen LogP contribution in [0.4, 0.5) is 0 Å². The molecule has 0 radical (unpaired) electrons. The zero-order valence-corrected chi connectivity index (χ0v) is 5.64. The fourth-order valence-corrected chi connectivity index (χ4v) is 0.651. The Labute approximate surface area is 63.5 Å². The second-order valence-corrected chi connectivity index (χ2v) is 1.88. The Morgan fingerprint density at radius 2 is 2.55 bits per heavy atom. The molecule has 11 heavy (non-hydrogen) atoms. The van der Waals surface area contributed by atoms with Crippen molar-refractivity contribution >= 4 is 6.29 Å². The van der Waals surface area contributed by atoms with Crippen molar-refractivity contribution in [3.05, 3.63) is 24.3 Å². The van der Waals surface area contributed by atoms with Gasteiger partial charge in [-0.2, -0.15) is 5.26 Å². The van der Waals surface area contributed by atoms with Crippen molar-refractivity contribution in [3.63, 3.8) is 0 Å². The van der Waals surface area contributed by atoms with Crippen LogP contribution in [0.15, 0.2) is 18.6 Å². The summed E-state index contributed by atoms with van der Waals surface area (Å²) in [5.74, 6) is -0.766. The molecular formula is C7H5N3O. The van der Waals surface area contributed by atoms with Crippen LogP contribution < -0.4 is 0 Å². The second kappa shape index (κ2) is 3.42. The van der Waals surface area contributed by atoms with Crippen LogP contribution in [0, 0.1) is 11.3 Å². The van der Waals surface area contributed by atoms with Crippen molar-refractivity contribution < 1.29 is 4.79 Å². The van der Waals surface area contributed by atoms with Gasteiger partial charge in [-0.05, 0) is 6.07 Å². The molecule has 0 aromatic carbocycles. The minimum absolute atomic E-state index is 0.442. The van der Waals surface area contributed by atoms with E-state index in [0.717, 1.165) is 0 Å². The molecule has 0 N–H and O–H groups in total. The number of carbonyl (C=O) groups is 1. The van der Waals surface area contributed by atoms with Crippen LogP contribution in [0.5, 0.6) is 0 Å². The molecule has 1 rings (SSSR count). The summed E-state index contributed by atoms with van der Waals surface area (Å²) in [4.78, 5) is 17.7. The van der Waals surface area contributed by atoms with Gasteiger partial charge in [0.15, 0.2) is 0 Å². The summed E-state index contributed by atoms with van der Waals surface area (Å²) in [7, 11) is 0. The third kappa shape index (κ3) is 1.58. The summed E-state index contributed by atoms with van der Waals surface area (Å²) < 4.78 is 0. The number of nitrogens with zero attached hydrogens (tertiary/aromatic N) is 3. The van der Waals surface area contributed by atoms with Gasteiger partial charge in [0.05, 0.1) is 11.8 Å². The van der Waals surface area contributed by atoms with Crippen molar-refractivity contribution in [2.75, 3.05) is 0 Å². The van der Waals surface area contributed by atoms with Crippen molar-refractivity contribution in [1.29, 1.82) is 5.26 Å². The second-order valence-electron chi connectivity index (χ2n) is 1.88. The molecule has 0 aliphatic rings. The Bertz CT molecular complexity index is 277. The quantitative estimate of drug-likeness (QED) is 0.563. The zero-order chi connectivity index (χ0) is 8.10. The molecule has 0 spiro atoms. The first-order chi connectivity index (χ1) is 5.38. The van der Waals surface area contributed by atoms with Gasteiger partial charge in [-0.15, -0.1) is 0 Å². The van der Waals surface area contributed by atoms with Gasteiger partial charge < -0.3 is 4.79 Å². The average Bonchev–Trinajstić information content (AvgIpc) is 2.09. The van der Waals surface area contributed by atoms with E-state index < -0.39 is 5.92 Å². The van der Waals surface area contributed by atoms with E-state index in [1.165, 1.54) is 12.5 Å². The van der Waals surface area contributed by atoms with Crippen molar-refractivity contribution in [3.8, 4) is 6.07 Å². The minimum Gasteiger partial charge on any atom is -0.301 e. The van der Waals surface area contributed by atoms with Gasteiger partial charge in [0.25, 0.3) is 0 Å². The highest BCUT2D eigenvalue weighted by Gasteiger charge is 2.08. The van der Waals surface area contributed by atoms with Crippen LogP contribution in [0.2, 0.25) is 0 Å². The lowest BCUT2D eigenvalue weighted by atomic mass is 10.1. The molecule has 0 unspecified atom stereocenters. The van der Waals surface area contributed by atoms with Gasteiger partial charge in [-0.3, -0.25) is 0 Å². The van der Waals surface area contributed by atoms with Crippen LogP contribution in [0.1, 0.15) is 11.6 Å². The largest absolute Gasteiger partial charge is 0.301 e. The highest BCUT2D eigenvalue weighted by Crippen LogP contribution is 2.06. The normalized spacial score (nSPS) is 11.5. The molecule has 0 saturated heterocycles. The van der Waals surface area contributed by atoms with Crippen LogP contribution >= 0.6 is 0 Å². The van der Waals surface area contributed by atoms with E-state index in [9.17, 15) is 4.79 Å². The molecule has 1 aromatic rings. The molecule has 0 fully saturated rings. The van der Waals surface area contributed by atoms with Crippen molar-refractivity contribution in [1.82, 2.24) is 9.97 Å². The fourth-order valence-electron chi connectivity index (χ4n) is 0.651. The monoisotopic (exact) mass is 147 g/mol. The molecule has 1 aromatic heterocycles. The number of aldehydes is 1. The van der Waals surface area contributed by atoms with Crippen LogP contribution in [0.25, 0.3) is 0 Å². The molecule has 4 heteroatoms. The molecule has 0 amide bonds. The van der Waals surface area contributed by atoms with Gasteiger partial charge in [0.2, 0.25) is 0 Å². The lowest BCUT2D eigenvalue weighted by molar-refractivity contribution is -0.108. The van der Waals surface area contributed by atoms with Crippen LogP contribution in [-0.2, 0) is 4.79 Å². The first kappa shape index (κ1) is 7.35. The van der Waals surface area contributed by atoms with Crippen molar-refractivity contribution in [2.45, 2.75) is 5.92 Å². The van der Waals surface area contributed by atoms with E-state index in [2.05, 4.69) is 9.97 Å². The molecular weight excluding hydrogens is 142 g/mol. The van der Waals surface area contributed by atoms with Gasteiger partial charge in [-0.1, -0.05) is 0 Å². The van der Waals surface area contributed by atoms with E-state index in [1.54, 1.807) is 6.07 Å². The van der Waals surface area contributed by atoms with E-state index in [0.29, 0.717) is 12.0 Å². The Hall–Kier alpha value is -1.76. The Morgan fingerprint density at radius 3 is 3.00 bits per heavy atom. The Morgan fingerprint density at radius 1 is 1.73 bits per heavy atom. The molecule has 0 saturated carbocycles. The van der Waals surface area contributed by atoms with Crippen LogP contribution in [0.3, 0.4) is 0 Å². The SMILES string of the molecule is N#C[C@@H](C=O)c1ccncn1.